The van der Waals surface area contributed by atoms with Gasteiger partial charge in [-0.1, -0.05) is 220 Å². The molecule has 8 aromatic carbocycles. The van der Waals surface area contributed by atoms with Gasteiger partial charge in [0, 0.05) is 26.0 Å². The van der Waals surface area contributed by atoms with Gasteiger partial charge in [0.1, 0.15) is 41.4 Å². The number of ether oxygens (including phenoxy) is 5. The summed E-state index contributed by atoms with van der Waals surface area (Å²) in [6, 6.07) is 65.6. The molecule has 2 unspecified atom stereocenters. The third-order valence-electron chi connectivity index (χ3n) is 16.5. The van der Waals surface area contributed by atoms with E-state index in [1.807, 2.05) is 173 Å². The summed E-state index contributed by atoms with van der Waals surface area (Å²) in [6.07, 6.45) is -2.91. The summed E-state index contributed by atoms with van der Waals surface area (Å²) in [6.45, 7) is 28.5. The molecular formula is C94H143ClF3N5O18PS+. The first kappa shape index (κ1) is 119. The van der Waals surface area contributed by atoms with Crippen molar-refractivity contribution in [2.24, 2.45) is 5.73 Å². The molecule has 0 saturated carbocycles. The minimum atomic E-state index is -4.47. The Labute approximate surface area is 738 Å². The largest absolute Gasteiger partial charge is 0.756 e. The Morgan fingerprint density at radius 1 is 0.537 bits per heavy atom. The van der Waals surface area contributed by atoms with Crippen molar-refractivity contribution < 1.29 is 116 Å². The van der Waals surface area contributed by atoms with Gasteiger partial charge in [-0.05, 0) is 135 Å². The average Bonchev–Trinajstić information content (AvgIpc) is 1.86. The number of carboxylic acid groups (broad SMARTS) is 2. The molecule has 8 aromatic rings. The monoisotopic (exact) mass is 1780 g/mol. The summed E-state index contributed by atoms with van der Waals surface area (Å²) < 4.78 is 113. The second-order valence-corrected chi connectivity index (χ2v) is 34.9. The average molecular weight is 1790 g/mol. The van der Waals surface area contributed by atoms with Gasteiger partial charge in [-0.3, -0.25) is 18.7 Å². The Hall–Kier alpha value is -8.45. The molecule has 0 amide bonds. The lowest BCUT2D eigenvalue weighted by Gasteiger charge is -2.28. The molecule has 0 spiro atoms. The Kier molecular flexibility index (Phi) is 62.9. The number of halogens is 4. The molecule has 1 aliphatic heterocycles. The van der Waals surface area contributed by atoms with Crippen molar-refractivity contribution in [2.45, 2.75) is 127 Å². The molecule has 1 aliphatic rings. The topological polar surface area (TPSA) is 306 Å². The fraction of sp³-hybridized carbons (Fsp3) is 0.457. The number of rotatable bonds is 28. The normalized spacial score (nSPS) is 12.2. The highest BCUT2D eigenvalue weighted by atomic mass is 35.5. The van der Waals surface area contributed by atoms with E-state index >= 15 is 0 Å². The molecule has 1 saturated heterocycles. The number of aryl methyl sites for hydroxylation is 8. The summed E-state index contributed by atoms with van der Waals surface area (Å²) in [7, 11) is 12.7. The third kappa shape index (κ3) is 78.0. The van der Waals surface area contributed by atoms with Crippen LogP contribution < -0.4 is 25.2 Å². The minimum absolute atomic E-state index is 0.0634. The van der Waals surface area contributed by atoms with Crippen LogP contribution in [0, 0.1) is 55.4 Å². The number of epoxide rings is 1. The maximum atomic E-state index is 11.7. The van der Waals surface area contributed by atoms with E-state index in [-0.39, 0.29) is 49.7 Å². The zero-order valence-corrected chi connectivity index (χ0v) is 79.5. The van der Waals surface area contributed by atoms with E-state index in [1.165, 1.54) is 56.6 Å². The first-order valence-electron chi connectivity index (χ1n) is 40.3. The van der Waals surface area contributed by atoms with E-state index < -0.39 is 48.6 Å². The molecule has 1 heterocycles. The van der Waals surface area contributed by atoms with Crippen molar-refractivity contribution in [2.75, 3.05) is 163 Å². The van der Waals surface area contributed by atoms with Crippen molar-refractivity contribution in [1.82, 2.24) is 0 Å². The SMILES string of the molecule is CCOP(=O)([O-])OC[N+](C)(C)C.CC[N+](C)(C)C.CC[N+](C)(C)CC(=O)[O-].CC[N+](C)(C)CS(=O)(=O)[O-].COCCOc1ccc(C)cc1.Cc1ccc(CC(=O)O)cc1.Cc1ccc(CC(=O)OCC(F)(F)F)cc1.Cc1ccc(CC2CO2)cc1.Cc1ccc(CCl)cc1.Cc1ccc(CN)cc1.Cc1ccc(OCCO)cc1.Cc1ccccc1. The Morgan fingerprint density at radius 2 is 0.894 bits per heavy atom. The Bertz CT molecular complexity index is 4150. The number of carbonyl (C=O) groups is 3. The van der Waals surface area contributed by atoms with Crippen molar-refractivity contribution in [3.63, 3.8) is 0 Å². The van der Waals surface area contributed by atoms with Gasteiger partial charge in [-0.2, -0.15) is 13.2 Å². The van der Waals surface area contributed by atoms with E-state index in [4.69, 9.17) is 46.5 Å². The highest BCUT2D eigenvalue weighted by Gasteiger charge is 2.29. The number of phosphoric acid groups is 1. The predicted octanol–water partition coefficient (Wildman–Crippen LogP) is 15.1. The van der Waals surface area contributed by atoms with E-state index in [2.05, 4.69) is 149 Å². The van der Waals surface area contributed by atoms with Crippen LogP contribution in [-0.2, 0) is 84.0 Å². The Morgan fingerprint density at radius 3 is 1.17 bits per heavy atom. The first-order valence-corrected chi connectivity index (χ1v) is 43.8. The second-order valence-electron chi connectivity index (χ2n) is 31.9. The second kappa shape index (κ2) is 65.2. The molecule has 0 aromatic heterocycles. The number of aliphatic hydroxyl groups is 1. The molecule has 23 nitrogen and oxygen atoms in total. The lowest BCUT2D eigenvalue weighted by molar-refractivity contribution is -0.887. The zero-order valence-electron chi connectivity index (χ0n) is 77.0. The van der Waals surface area contributed by atoms with Crippen LogP contribution in [0.4, 0.5) is 13.2 Å². The lowest BCUT2D eigenvalue weighted by atomic mass is 10.1. The molecule has 1 fully saturated rings. The van der Waals surface area contributed by atoms with Crippen LogP contribution in [0.25, 0.3) is 0 Å². The van der Waals surface area contributed by atoms with Crippen LogP contribution >= 0.6 is 19.4 Å². The quantitative estimate of drug-likeness (QED) is 0.00600. The maximum Gasteiger partial charge on any atom is 0.422 e. The van der Waals surface area contributed by atoms with Crippen molar-refractivity contribution in [1.29, 1.82) is 0 Å². The molecule has 0 bridgehead atoms. The zero-order chi connectivity index (χ0) is 94.5. The number of esters is 1. The number of phosphoric ester groups is 1. The number of carboxylic acids is 2. The number of hydrogen-bond donors (Lipinski definition) is 3. The number of alkyl halides is 4. The number of aliphatic carboxylic acids is 2. The van der Waals surface area contributed by atoms with Crippen molar-refractivity contribution in [3.05, 3.63) is 273 Å². The summed E-state index contributed by atoms with van der Waals surface area (Å²) in [5, 5.41) is 26.9. The van der Waals surface area contributed by atoms with Crippen LogP contribution in [0.2, 0.25) is 0 Å². The maximum absolute atomic E-state index is 11.7. The molecule has 123 heavy (non-hydrogen) atoms. The fourth-order valence-electron chi connectivity index (χ4n) is 8.17. The third-order valence-corrected chi connectivity index (χ3v) is 18.8. The van der Waals surface area contributed by atoms with Gasteiger partial charge in [0.2, 0.25) is 0 Å². The smallest absolute Gasteiger partial charge is 0.422 e. The highest BCUT2D eigenvalue weighted by Crippen LogP contribution is 2.38. The number of carbonyl (C=O) groups excluding carboxylic acids is 2. The van der Waals surface area contributed by atoms with Crippen LogP contribution in [0.15, 0.2) is 200 Å². The molecule has 4 N–H and O–H groups in total. The molecule has 29 heteroatoms. The van der Waals surface area contributed by atoms with Gasteiger partial charge in [0.25, 0.3) is 7.82 Å². The molecule has 9 rings (SSSR count). The summed E-state index contributed by atoms with van der Waals surface area (Å²) in [5.41, 5.74) is 20.5. The van der Waals surface area contributed by atoms with E-state index in [9.17, 15) is 55.1 Å². The van der Waals surface area contributed by atoms with Crippen molar-refractivity contribution in [3.8, 4) is 11.5 Å². The summed E-state index contributed by atoms with van der Waals surface area (Å²) in [5.74, 6) is -0.650. The number of hydrogen-bond acceptors (Lipinski definition) is 18. The van der Waals surface area contributed by atoms with Crippen molar-refractivity contribution >= 4 is 47.4 Å². The number of aliphatic hydroxyl groups excluding tert-OH is 1. The Balaban J connectivity index is -0.00000129. The van der Waals surface area contributed by atoms with Gasteiger partial charge in [0.05, 0.1) is 141 Å². The van der Waals surface area contributed by atoms with Gasteiger partial charge in [0.15, 0.2) is 19.2 Å². The first-order chi connectivity index (χ1) is 57.2. The minimum Gasteiger partial charge on any atom is -0.756 e. The van der Waals surface area contributed by atoms with E-state index in [0.29, 0.717) is 59.4 Å². The van der Waals surface area contributed by atoms with Crippen LogP contribution in [0.3, 0.4) is 0 Å². The molecule has 0 aliphatic carbocycles. The molecular weight excluding hydrogens is 1640 g/mol. The van der Waals surface area contributed by atoms with Crippen LogP contribution in [-0.4, -0.2) is 234 Å². The van der Waals surface area contributed by atoms with Gasteiger partial charge in [-0.15, -0.1) is 11.6 Å². The lowest BCUT2D eigenvalue weighted by Crippen LogP contribution is -2.47. The van der Waals surface area contributed by atoms with Gasteiger partial charge in [-0.25, -0.2) is 8.42 Å². The van der Waals surface area contributed by atoms with Gasteiger partial charge < -0.3 is 81.4 Å². The standard InChI is InChI=1S/C11H11F3O2.C10H14O2.C10H12O.C9H12O2.C9H10O2.C8H9Cl.C8H11N.C7H8.C6H16NO4P.C6H13NO2.C5H13NO3S.C5H14N/c1-8-2-4-9(5-3-8)6-10(15)16-7-11(12,13)14;1-9-3-5-10(6-4-9)12-8-7-11-2;1-8-2-4-9(5-3-8)6-10-7-11-10;1-8-2-4-9(5-3-8)11-7-6-10;1-7-2-4-8(5-3-7)6-9(10)11;2*1-7-2-4-8(6-9)5-3-7;1-7-5-3-2-4-6-7;1-5-10-12(8,9)11-6-7(2,3)4;1-4-7(2,3)5-6(8)9;1-4-6(2,3)5-10(7,8)9;1-5-6(2,3)4/h2-5H,6-7H2,1H3;3-6H,7-8H2,1-2H3;2*2-5,10H,6-7H2,1H3;2-5H,6H2,1H3,(H,10,11);2-5H,6H2,1H3;2-5H,6,9H2,1H3;2-6H,1H3;5-6H2,1-4H3;4-5H2,1-3H3;4-5H2,1-3H3;5H2,1-4H3/q;;;;;;;;;;;+1. The van der Waals surface area contributed by atoms with E-state index in [0.717, 1.165) is 52.2 Å². The molecule has 0 radical (unpaired) electrons. The number of methoxy groups -OCH3 is 1. The number of likely N-dealkylation sites (N-methyl/N-ethyl adjacent to an activating group) is 1. The predicted molar refractivity (Wildman–Crippen MR) is 484 cm³/mol. The summed E-state index contributed by atoms with van der Waals surface area (Å²) >= 11 is 5.58. The van der Waals surface area contributed by atoms with Crippen LogP contribution in [0.1, 0.15) is 100 Å². The number of nitrogens with zero attached hydrogens (tertiary/aromatic N) is 4. The van der Waals surface area contributed by atoms with E-state index in [1.54, 1.807) is 52.4 Å². The molecule has 2 atom stereocenters. The number of nitrogens with two attached hydrogens (primary N) is 1. The highest BCUT2D eigenvalue weighted by molar-refractivity contribution is 7.85. The summed E-state index contributed by atoms with van der Waals surface area (Å²) in [4.78, 5) is 42.2. The fourth-order valence-corrected chi connectivity index (χ4v) is 10.3. The number of benzene rings is 8. The van der Waals surface area contributed by atoms with Gasteiger partial charge >= 0.3 is 18.1 Å². The van der Waals surface area contributed by atoms with Crippen LogP contribution in [0.5, 0.6) is 11.5 Å². The molecule has 690 valence electrons. The number of quaternary nitrogens is 4.